The average Bonchev–Trinajstić information content (AvgIpc) is 3.18. The fourth-order valence-electron chi connectivity index (χ4n) is 3.65. The van der Waals surface area contributed by atoms with Crippen LogP contribution in [-0.2, 0) is 4.79 Å². The monoisotopic (exact) mass is 330 g/mol. The molecule has 2 aromatic carbocycles. The third kappa shape index (κ3) is 2.21. The summed E-state index contributed by atoms with van der Waals surface area (Å²) in [6.45, 7) is 1.95. The first-order chi connectivity index (χ1) is 11.0. The van der Waals surface area contributed by atoms with Crippen LogP contribution in [0.2, 0.25) is 5.02 Å². The van der Waals surface area contributed by atoms with Gasteiger partial charge in [0.05, 0.1) is 17.0 Å². The Kier molecular flexibility index (Phi) is 3.15. The molecule has 2 aromatic rings. The Morgan fingerprint density at radius 2 is 1.96 bits per heavy atom. The van der Waals surface area contributed by atoms with Gasteiger partial charge in [-0.3, -0.25) is 4.79 Å². The first kappa shape index (κ1) is 14.5. The minimum atomic E-state index is -0.837. The van der Waals surface area contributed by atoms with E-state index in [1.807, 2.05) is 25.1 Å². The molecule has 0 spiro atoms. The minimum absolute atomic E-state index is 0.0745. The highest BCUT2D eigenvalue weighted by atomic mass is 35.5. The number of aryl methyl sites for hydroxylation is 1. The molecule has 0 bridgehead atoms. The Hall–Kier alpha value is -2.04. The van der Waals surface area contributed by atoms with E-state index in [-0.39, 0.29) is 11.8 Å². The Morgan fingerprint density at radius 1 is 1.17 bits per heavy atom. The number of carbonyl (C=O) groups is 1. The fraction of sp³-hybridized carbons (Fsp3) is 0.278. The van der Waals surface area contributed by atoms with Crippen molar-refractivity contribution in [3.8, 4) is 11.5 Å². The molecule has 2 aliphatic carbocycles. The maximum absolute atomic E-state index is 11.2. The van der Waals surface area contributed by atoms with Crippen LogP contribution < -0.4 is 4.74 Å². The van der Waals surface area contributed by atoms with Gasteiger partial charge in [0.2, 0.25) is 0 Å². The molecular formula is C18H15ClO4. The van der Waals surface area contributed by atoms with Gasteiger partial charge in [0.25, 0.3) is 0 Å². The van der Waals surface area contributed by atoms with Crippen LogP contribution in [-0.4, -0.2) is 16.2 Å². The second kappa shape index (κ2) is 4.98. The van der Waals surface area contributed by atoms with Gasteiger partial charge < -0.3 is 14.9 Å². The van der Waals surface area contributed by atoms with E-state index in [0.717, 1.165) is 16.7 Å². The van der Waals surface area contributed by atoms with Crippen LogP contribution in [0.1, 0.15) is 28.7 Å². The molecule has 0 aromatic heterocycles. The molecule has 4 rings (SSSR count). The predicted molar refractivity (Wildman–Crippen MR) is 85.0 cm³/mol. The van der Waals surface area contributed by atoms with Crippen molar-refractivity contribution >= 4 is 17.6 Å². The van der Waals surface area contributed by atoms with Crippen molar-refractivity contribution < 1.29 is 19.7 Å². The number of aliphatic carboxylic acids is 1. The van der Waals surface area contributed by atoms with Gasteiger partial charge in [-0.05, 0) is 47.9 Å². The largest absolute Gasteiger partial charge is 0.481 e. The van der Waals surface area contributed by atoms with E-state index in [2.05, 4.69) is 0 Å². The SMILES string of the molecule is Cc1ccc(Oc2ccc3c(c2)C(O)[C@@H]2C3[C@H]2C(=O)O)c(Cl)c1. The minimum Gasteiger partial charge on any atom is -0.481 e. The summed E-state index contributed by atoms with van der Waals surface area (Å²) >= 11 is 6.17. The van der Waals surface area contributed by atoms with Gasteiger partial charge in [0.15, 0.2) is 0 Å². The zero-order chi connectivity index (χ0) is 16.3. The van der Waals surface area contributed by atoms with Crippen LogP contribution in [0.25, 0.3) is 0 Å². The highest BCUT2D eigenvalue weighted by molar-refractivity contribution is 6.32. The van der Waals surface area contributed by atoms with Crippen molar-refractivity contribution in [1.29, 1.82) is 0 Å². The van der Waals surface area contributed by atoms with Crippen molar-refractivity contribution in [3.05, 3.63) is 58.1 Å². The molecular weight excluding hydrogens is 316 g/mol. The van der Waals surface area contributed by atoms with Crippen LogP contribution in [0.5, 0.6) is 11.5 Å². The van der Waals surface area contributed by atoms with Gasteiger partial charge in [-0.1, -0.05) is 23.7 Å². The Labute approximate surface area is 138 Å². The molecule has 4 atom stereocenters. The van der Waals surface area contributed by atoms with E-state index >= 15 is 0 Å². The molecule has 0 heterocycles. The van der Waals surface area contributed by atoms with E-state index in [0.29, 0.717) is 16.5 Å². The van der Waals surface area contributed by atoms with E-state index in [9.17, 15) is 9.90 Å². The molecule has 1 fully saturated rings. The Morgan fingerprint density at radius 3 is 2.65 bits per heavy atom. The summed E-state index contributed by atoms with van der Waals surface area (Å²) in [7, 11) is 0. The van der Waals surface area contributed by atoms with E-state index in [1.165, 1.54) is 0 Å². The first-order valence-electron chi connectivity index (χ1n) is 7.46. The van der Waals surface area contributed by atoms with Crippen molar-refractivity contribution in [2.45, 2.75) is 18.9 Å². The smallest absolute Gasteiger partial charge is 0.307 e. The number of benzene rings is 2. The lowest BCUT2D eigenvalue weighted by Crippen LogP contribution is -2.09. The number of carboxylic acid groups (broad SMARTS) is 1. The molecule has 0 radical (unpaired) electrons. The van der Waals surface area contributed by atoms with Crippen molar-refractivity contribution in [3.63, 3.8) is 0 Å². The van der Waals surface area contributed by atoms with Crippen molar-refractivity contribution in [2.24, 2.45) is 11.8 Å². The second-order valence-electron chi connectivity index (χ2n) is 6.24. The summed E-state index contributed by atoms with van der Waals surface area (Å²) in [5.74, 6) is -0.442. The van der Waals surface area contributed by atoms with E-state index < -0.39 is 18.0 Å². The van der Waals surface area contributed by atoms with Crippen LogP contribution in [0.4, 0.5) is 0 Å². The predicted octanol–water partition coefficient (Wildman–Crippen LogP) is 3.90. The highest BCUT2D eigenvalue weighted by Gasteiger charge is 2.64. The number of ether oxygens (including phenoxy) is 1. The molecule has 118 valence electrons. The van der Waals surface area contributed by atoms with E-state index in [4.69, 9.17) is 21.4 Å². The molecule has 2 aliphatic rings. The standard InChI is InChI=1S/C18H15ClO4/c1-8-2-5-13(12(19)6-8)23-9-3-4-10-11(7-9)17(20)15-14(10)16(15)18(21)22/h2-7,14-17,20H,1H3,(H,21,22)/t14?,15-,16-,17?/m1/s1. The lowest BCUT2D eigenvalue weighted by molar-refractivity contribution is -0.139. The van der Waals surface area contributed by atoms with Crippen LogP contribution in [0, 0.1) is 18.8 Å². The molecule has 5 heteroatoms. The van der Waals surface area contributed by atoms with Crippen molar-refractivity contribution in [1.82, 2.24) is 0 Å². The molecule has 0 amide bonds. The lowest BCUT2D eigenvalue weighted by atomic mass is 10.00. The third-order valence-corrected chi connectivity index (χ3v) is 5.07. The molecule has 1 saturated carbocycles. The quantitative estimate of drug-likeness (QED) is 0.895. The Balaban J connectivity index is 1.62. The summed E-state index contributed by atoms with van der Waals surface area (Å²) in [4.78, 5) is 11.2. The number of rotatable bonds is 3. The van der Waals surface area contributed by atoms with Gasteiger partial charge in [-0.15, -0.1) is 0 Å². The number of aliphatic hydroxyl groups excluding tert-OH is 1. The summed E-state index contributed by atoms with van der Waals surface area (Å²) in [6, 6.07) is 11.0. The maximum atomic E-state index is 11.2. The molecule has 0 saturated heterocycles. The van der Waals surface area contributed by atoms with Gasteiger partial charge in [0.1, 0.15) is 11.5 Å². The third-order valence-electron chi connectivity index (χ3n) is 4.78. The van der Waals surface area contributed by atoms with Crippen LogP contribution in [0.3, 0.4) is 0 Å². The molecule has 0 aliphatic heterocycles. The molecule has 4 nitrogen and oxygen atoms in total. The van der Waals surface area contributed by atoms with Gasteiger partial charge in [-0.2, -0.15) is 0 Å². The molecule has 2 unspecified atom stereocenters. The number of fused-ring (bicyclic) bond motifs is 3. The van der Waals surface area contributed by atoms with Gasteiger partial charge in [-0.25, -0.2) is 0 Å². The number of hydrogen-bond acceptors (Lipinski definition) is 3. The molecule has 23 heavy (non-hydrogen) atoms. The zero-order valence-electron chi connectivity index (χ0n) is 12.4. The normalized spacial score (nSPS) is 27.3. The van der Waals surface area contributed by atoms with Gasteiger partial charge >= 0.3 is 5.97 Å². The summed E-state index contributed by atoms with van der Waals surface area (Å²) in [6.07, 6.45) is -0.742. The fourth-order valence-corrected chi connectivity index (χ4v) is 3.92. The van der Waals surface area contributed by atoms with E-state index in [1.54, 1.807) is 18.2 Å². The first-order valence-corrected chi connectivity index (χ1v) is 7.84. The number of halogens is 1. The highest BCUT2D eigenvalue weighted by Crippen LogP contribution is 2.66. The average molecular weight is 331 g/mol. The number of carboxylic acids is 1. The summed E-state index contributed by atoms with van der Waals surface area (Å²) < 4.78 is 5.80. The second-order valence-corrected chi connectivity index (χ2v) is 6.65. The maximum Gasteiger partial charge on any atom is 0.307 e. The number of hydrogen-bond donors (Lipinski definition) is 2. The zero-order valence-corrected chi connectivity index (χ0v) is 13.1. The van der Waals surface area contributed by atoms with Crippen molar-refractivity contribution in [2.75, 3.05) is 0 Å². The summed E-state index contributed by atoms with van der Waals surface area (Å²) in [5.41, 5.74) is 2.72. The lowest BCUT2D eigenvalue weighted by Gasteiger charge is -2.14. The molecule has 2 N–H and O–H groups in total. The van der Waals surface area contributed by atoms with Crippen LogP contribution >= 0.6 is 11.6 Å². The summed E-state index contributed by atoms with van der Waals surface area (Å²) in [5, 5.41) is 20.0. The topological polar surface area (TPSA) is 66.8 Å². The Bertz CT molecular complexity index is 817. The van der Waals surface area contributed by atoms with Crippen LogP contribution in [0.15, 0.2) is 36.4 Å². The van der Waals surface area contributed by atoms with Gasteiger partial charge in [0, 0.05) is 11.8 Å². The number of aliphatic hydroxyl groups is 1.